The Morgan fingerprint density at radius 2 is 2.04 bits per heavy atom. The number of aliphatic carboxylic acids is 1. The quantitative estimate of drug-likeness (QED) is 0.899. The summed E-state index contributed by atoms with van der Waals surface area (Å²) in [6, 6.07) is 4.92. The molecule has 1 aromatic carbocycles. The Bertz CT molecular complexity index is 625. The van der Waals surface area contributed by atoms with Crippen LogP contribution in [0, 0.1) is 0 Å². The lowest BCUT2D eigenvalue weighted by Crippen LogP contribution is -2.51. The molecule has 1 aromatic rings. The van der Waals surface area contributed by atoms with Crippen molar-refractivity contribution < 1.29 is 24.2 Å². The maximum atomic E-state index is 11.9. The summed E-state index contributed by atoms with van der Waals surface area (Å²) >= 11 is 0. The third-order valence-electron chi connectivity index (χ3n) is 4.48. The van der Waals surface area contributed by atoms with Crippen LogP contribution >= 0.6 is 0 Å². The van der Waals surface area contributed by atoms with Gasteiger partial charge in [-0.25, -0.2) is 4.79 Å². The van der Waals surface area contributed by atoms with Crippen LogP contribution < -0.4 is 4.74 Å². The summed E-state index contributed by atoms with van der Waals surface area (Å²) in [6.45, 7) is 4.58. The molecule has 0 aliphatic carbocycles. The summed E-state index contributed by atoms with van der Waals surface area (Å²) < 4.78 is 10.7. The maximum Gasteiger partial charge on any atom is 0.409 e. The molecule has 0 aromatic heterocycles. The second-order valence-corrected chi connectivity index (χ2v) is 5.90. The molecule has 2 heterocycles. The fourth-order valence-electron chi connectivity index (χ4n) is 3.32. The Labute approximate surface area is 140 Å². The highest BCUT2D eigenvalue weighted by Crippen LogP contribution is 2.36. The van der Waals surface area contributed by atoms with Gasteiger partial charge in [0.1, 0.15) is 11.8 Å². The number of amides is 1. The number of nitrogens with zero attached hydrogens (tertiary/aromatic N) is 2. The van der Waals surface area contributed by atoms with Crippen LogP contribution in [0.3, 0.4) is 0 Å². The predicted molar refractivity (Wildman–Crippen MR) is 86.2 cm³/mol. The number of carbonyl (C=O) groups excluding carboxylic acids is 1. The fourth-order valence-corrected chi connectivity index (χ4v) is 3.32. The molecular formula is C17H22N2O5. The van der Waals surface area contributed by atoms with Crippen LogP contribution in [0.4, 0.5) is 4.79 Å². The molecule has 2 aliphatic rings. The number of rotatable bonds is 4. The largest absolute Gasteiger partial charge is 0.493 e. The highest BCUT2D eigenvalue weighted by Gasteiger charge is 2.35. The van der Waals surface area contributed by atoms with Gasteiger partial charge in [0, 0.05) is 38.2 Å². The Hall–Kier alpha value is -2.28. The van der Waals surface area contributed by atoms with E-state index in [1.54, 1.807) is 11.8 Å². The third kappa shape index (κ3) is 3.17. The van der Waals surface area contributed by atoms with Crippen LogP contribution in [0.1, 0.15) is 24.1 Å². The lowest BCUT2D eigenvalue weighted by molar-refractivity contribution is -0.144. The molecule has 3 rings (SSSR count). The monoisotopic (exact) mass is 334 g/mol. The summed E-state index contributed by atoms with van der Waals surface area (Å²) in [7, 11) is 0. The van der Waals surface area contributed by atoms with E-state index in [9.17, 15) is 14.7 Å². The van der Waals surface area contributed by atoms with Gasteiger partial charge in [0.2, 0.25) is 0 Å². The minimum atomic E-state index is -0.900. The molecule has 7 heteroatoms. The third-order valence-corrected chi connectivity index (χ3v) is 4.48. The van der Waals surface area contributed by atoms with Crippen LogP contribution in [-0.4, -0.2) is 66.4 Å². The van der Waals surface area contributed by atoms with E-state index >= 15 is 0 Å². The van der Waals surface area contributed by atoms with Crippen molar-refractivity contribution in [1.82, 2.24) is 9.80 Å². The molecule has 0 bridgehead atoms. The zero-order valence-corrected chi connectivity index (χ0v) is 13.7. The molecule has 0 saturated carbocycles. The van der Waals surface area contributed by atoms with Crippen molar-refractivity contribution in [3.8, 4) is 5.75 Å². The number of piperazine rings is 1. The standard InChI is InChI=1S/C17H22N2O5/c1-2-23-17(22)19-9-7-18(8-10-19)14(16(20)21)13-5-3-4-12-6-11-24-15(12)13/h3-5,14H,2,6-11H2,1H3,(H,20,21)/t14-/m1/s1. The van der Waals surface area contributed by atoms with Gasteiger partial charge in [0.15, 0.2) is 0 Å². The molecule has 1 amide bonds. The van der Waals surface area contributed by atoms with Crippen LogP contribution in [0.15, 0.2) is 18.2 Å². The lowest BCUT2D eigenvalue weighted by atomic mass is 10.00. The van der Waals surface area contributed by atoms with Crippen LogP contribution in [0.2, 0.25) is 0 Å². The van der Waals surface area contributed by atoms with Gasteiger partial charge in [-0.3, -0.25) is 9.69 Å². The summed E-state index contributed by atoms with van der Waals surface area (Å²) in [5.41, 5.74) is 1.76. The van der Waals surface area contributed by atoms with Crippen molar-refractivity contribution in [1.29, 1.82) is 0 Å². The molecule has 24 heavy (non-hydrogen) atoms. The van der Waals surface area contributed by atoms with Crippen molar-refractivity contribution in [2.45, 2.75) is 19.4 Å². The van der Waals surface area contributed by atoms with Gasteiger partial charge in [-0.05, 0) is 12.5 Å². The van der Waals surface area contributed by atoms with Gasteiger partial charge in [-0.1, -0.05) is 18.2 Å². The minimum absolute atomic E-state index is 0.338. The van der Waals surface area contributed by atoms with E-state index in [2.05, 4.69) is 0 Å². The normalized spacial score (nSPS) is 18.6. The molecule has 2 aliphatic heterocycles. The van der Waals surface area contributed by atoms with Gasteiger partial charge < -0.3 is 19.5 Å². The molecule has 7 nitrogen and oxygen atoms in total. The first-order valence-electron chi connectivity index (χ1n) is 8.25. The van der Waals surface area contributed by atoms with E-state index < -0.39 is 12.0 Å². The first-order chi connectivity index (χ1) is 11.6. The number of hydrogen-bond acceptors (Lipinski definition) is 5. The molecule has 1 fully saturated rings. The molecule has 0 unspecified atom stereocenters. The van der Waals surface area contributed by atoms with Crippen LogP contribution in [-0.2, 0) is 16.0 Å². The number of ether oxygens (including phenoxy) is 2. The highest BCUT2D eigenvalue weighted by atomic mass is 16.6. The zero-order valence-electron chi connectivity index (χ0n) is 13.7. The van der Waals surface area contributed by atoms with Gasteiger partial charge >= 0.3 is 12.1 Å². The van der Waals surface area contributed by atoms with Crippen molar-refractivity contribution >= 4 is 12.1 Å². The first-order valence-corrected chi connectivity index (χ1v) is 8.25. The zero-order chi connectivity index (χ0) is 17.1. The molecule has 130 valence electrons. The number of carboxylic acid groups (broad SMARTS) is 1. The van der Waals surface area contributed by atoms with Gasteiger partial charge in [-0.15, -0.1) is 0 Å². The van der Waals surface area contributed by atoms with Gasteiger partial charge in [0.25, 0.3) is 0 Å². The summed E-state index contributed by atoms with van der Waals surface area (Å²) in [4.78, 5) is 27.2. The minimum Gasteiger partial charge on any atom is -0.493 e. The number of hydrogen-bond donors (Lipinski definition) is 1. The average Bonchev–Trinajstić information content (AvgIpc) is 3.05. The van der Waals surface area contributed by atoms with Crippen molar-refractivity contribution in [2.24, 2.45) is 0 Å². The van der Waals surface area contributed by atoms with Gasteiger partial charge in [0.05, 0.1) is 13.2 Å². The number of benzene rings is 1. The van der Waals surface area contributed by atoms with Crippen LogP contribution in [0.5, 0.6) is 5.75 Å². The van der Waals surface area contributed by atoms with E-state index in [1.165, 1.54) is 0 Å². The van der Waals surface area contributed by atoms with Crippen molar-refractivity contribution in [2.75, 3.05) is 39.4 Å². The van der Waals surface area contributed by atoms with Crippen molar-refractivity contribution in [3.63, 3.8) is 0 Å². The molecule has 1 N–H and O–H groups in total. The summed E-state index contributed by atoms with van der Waals surface area (Å²) in [5.74, 6) is -0.193. The fraction of sp³-hybridized carbons (Fsp3) is 0.529. The van der Waals surface area contributed by atoms with E-state index in [0.717, 1.165) is 12.0 Å². The molecule has 0 radical (unpaired) electrons. The lowest BCUT2D eigenvalue weighted by Gasteiger charge is -2.37. The Morgan fingerprint density at radius 3 is 2.71 bits per heavy atom. The van der Waals surface area contributed by atoms with E-state index in [1.807, 2.05) is 23.1 Å². The van der Waals surface area contributed by atoms with E-state index in [-0.39, 0.29) is 6.09 Å². The predicted octanol–water partition coefficient (Wildman–Crippen LogP) is 1.52. The Morgan fingerprint density at radius 1 is 1.29 bits per heavy atom. The molecule has 1 saturated heterocycles. The number of para-hydroxylation sites is 1. The summed E-state index contributed by atoms with van der Waals surface area (Å²) in [5, 5.41) is 9.77. The first kappa shape index (κ1) is 16.6. The molecular weight excluding hydrogens is 312 g/mol. The molecule has 1 atom stereocenters. The second-order valence-electron chi connectivity index (χ2n) is 5.90. The van der Waals surface area contributed by atoms with Crippen molar-refractivity contribution in [3.05, 3.63) is 29.3 Å². The molecule has 0 spiro atoms. The highest BCUT2D eigenvalue weighted by molar-refractivity contribution is 5.77. The van der Waals surface area contributed by atoms with Crippen LogP contribution in [0.25, 0.3) is 0 Å². The number of fused-ring (bicyclic) bond motifs is 1. The van der Waals surface area contributed by atoms with Gasteiger partial charge in [-0.2, -0.15) is 0 Å². The SMILES string of the molecule is CCOC(=O)N1CCN([C@@H](C(=O)O)c2cccc3c2OCC3)CC1. The number of carbonyl (C=O) groups is 2. The Kier molecular flexibility index (Phi) is 4.89. The summed E-state index contributed by atoms with van der Waals surface area (Å²) in [6.07, 6.45) is 0.472. The second kappa shape index (κ2) is 7.09. The smallest absolute Gasteiger partial charge is 0.409 e. The van der Waals surface area contributed by atoms with E-state index in [0.29, 0.717) is 50.7 Å². The Balaban J connectivity index is 1.76. The average molecular weight is 334 g/mol. The topological polar surface area (TPSA) is 79.3 Å². The maximum absolute atomic E-state index is 11.9. The van der Waals surface area contributed by atoms with E-state index in [4.69, 9.17) is 9.47 Å². The number of carboxylic acids is 1.